The third-order valence-corrected chi connectivity index (χ3v) is 1.53. The Morgan fingerprint density at radius 1 is 1.73 bits per heavy atom. The number of nitrogens with two attached hydrogens (primary N) is 1. The molecule has 0 amide bonds. The van der Waals surface area contributed by atoms with Crippen LogP contribution in [-0.2, 0) is 0 Å². The van der Waals surface area contributed by atoms with Crippen molar-refractivity contribution in [2.45, 2.75) is 0 Å². The molecule has 5 heteroatoms. The molecule has 0 aliphatic rings. The molecule has 0 spiro atoms. The maximum absolute atomic E-state index is 8.51. The number of halogens is 1. The summed E-state index contributed by atoms with van der Waals surface area (Å²) in [7, 11) is 0. The van der Waals surface area contributed by atoms with E-state index in [0.29, 0.717) is 11.4 Å². The molecular weight excluding hydrogens is 164 g/mol. The summed E-state index contributed by atoms with van der Waals surface area (Å²) in [5.41, 5.74) is 2.63. The number of aromatic nitrogens is 1. The van der Waals surface area contributed by atoms with Crippen LogP contribution in [0, 0.1) is 11.3 Å². The zero-order valence-electron chi connectivity index (χ0n) is 5.50. The van der Waals surface area contributed by atoms with Crippen molar-refractivity contribution in [1.29, 1.82) is 5.26 Å². The van der Waals surface area contributed by atoms with Crippen LogP contribution in [0.1, 0.15) is 5.56 Å². The Balaban J connectivity index is 3.23. The van der Waals surface area contributed by atoms with Crippen LogP contribution in [-0.4, -0.2) is 4.98 Å². The Morgan fingerprint density at radius 2 is 2.45 bits per heavy atom. The summed E-state index contributed by atoms with van der Waals surface area (Å²) in [6, 6.07) is 3.42. The van der Waals surface area contributed by atoms with Crippen molar-refractivity contribution in [2.24, 2.45) is 5.84 Å². The zero-order valence-corrected chi connectivity index (χ0v) is 6.26. The van der Waals surface area contributed by atoms with E-state index < -0.39 is 0 Å². The van der Waals surface area contributed by atoms with Gasteiger partial charge in [0.05, 0.1) is 5.56 Å². The fraction of sp³-hybridized carbons (Fsp3) is 0. The monoisotopic (exact) mass is 168 g/mol. The maximum Gasteiger partial charge on any atom is 0.160 e. The second-order valence-electron chi connectivity index (χ2n) is 1.78. The van der Waals surface area contributed by atoms with Crippen molar-refractivity contribution in [3.05, 3.63) is 22.8 Å². The molecule has 1 aromatic rings. The highest BCUT2D eigenvalue weighted by atomic mass is 35.5. The first kappa shape index (κ1) is 7.79. The zero-order chi connectivity index (χ0) is 8.27. The Bertz CT molecular complexity index is 304. The van der Waals surface area contributed by atoms with E-state index in [1.165, 1.54) is 12.3 Å². The lowest BCUT2D eigenvalue weighted by atomic mass is 10.3. The second-order valence-corrected chi connectivity index (χ2v) is 2.16. The van der Waals surface area contributed by atoms with E-state index in [2.05, 4.69) is 10.4 Å². The van der Waals surface area contributed by atoms with Crippen molar-refractivity contribution in [3.63, 3.8) is 0 Å². The van der Waals surface area contributed by atoms with E-state index in [0.717, 1.165) is 0 Å². The average Bonchev–Trinajstić information content (AvgIpc) is 2.05. The SMILES string of the molecule is N#Cc1ccnc(NN)c1Cl. The van der Waals surface area contributed by atoms with E-state index in [9.17, 15) is 0 Å². The van der Waals surface area contributed by atoms with Crippen molar-refractivity contribution >= 4 is 17.4 Å². The number of nitrogens with one attached hydrogen (secondary N) is 1. The average molecular weight is 169 g/mol. The Hall–Kier alpha value is -1.31. The molecule has 0 atom stereocenters. The molecular formula is C6H5ClN4. The Kier molecular flexibility index (Phi) is 2.26. The molecule has 1 heterocycles. The molecule has 1 aromatic heterocycles. The van der Waals surface area contributed by atoms with Gasteiger partial charge in [-0.15, -0.1) is 0 Å². The van der Waals surface area contributed by atoms with Gasteiger partial charge in [-0.05, 0) is 6.07 Å². The quantitative estimate of drug-likeness (QED) is 0.483. The topological polar surface area (TPSA) is 74.7 Å². The van der Waals surface area contributed by atoms with E-state index in [-0.39, 0.29) is 5.02 Å². The van der Waals surface area contributed by atoms with Crippen LogP contribution >= 0.6 is 11.6 Å². The van der Waals surface area contributed by atoms with Crippen molar-refractivity contribution in [2.75, 3.05) is 5.43 Å². The minimum atomic E-state index is 0.248. The highest BCUT2D eigenvalue weighted by molar-refractivity contribution is 6.34. The summed E-state index contributed by atoms with van der Waals surface area (Å²) in [5.74, 6) is 5.38. The molecule has 0 aliphatic heterocycles. The van der Waals surface area contributed by atoms with Gasteiger partial charge in [0.2, 0.25) is 0 Å². The summed E-state index contributed by atoms with van der Waals surface area (Å²) < 4.78 is 0. The van der Waals surface area contributed by atoms with Gasteiger partial charge < -0.3 is 5.43 Å². The van der Waals surface area contributed by atoms with Gasteiger partial charge in [-0.1, -0.05) is 11.6 Å². The predicted molar refractivity (Wildman–Crippen MR) is 41.8 cm³/mol. The first-order valence-corrected chi connectivity index (χ1v) is 3.18. The van der Waals surface area contributed by atoms with Crippen molar-refractivity contribution in [3.8, 4) is 6.07 Å². The molecule has 4 nitrogen and oxygen atoms in total. The number of anilines is 1. The number of nitriles is 1. The summed E-state index contributed by atoms with van der Waals surface area (Å²) in [4.78, 5) is 3.79. The standard InChI is InChI=1S/C6H5ClN4/c7-5-4(3-8)1-2-10-6(5)11-9/h1-2H,9H2,(H,10,11). The molecule has 0 aliphatic carbocycles. The van der Waals surface area contributed by atoms with Gasteiger partial charge in [0.15, 0.2) is 5.82 Å². The molecule has 11 heavy (non-hydrogen) atoms. The minimum Gasteiger partial charge on any atom is -0.307 e. The van der Waals surface area contributed by atoms with Crippen LogP contribution in [0.4, 0.5) is 5.82 Å². The van der Waals surface area contributed by atoms with Gasteiger partial charge in [-0.3, -0.25) is 0 Å². The van der Waals surface area contributed by atoms with Gasteiger partial charge in [0, 0.05) is 6.20 Å². The van der Waals surface area contributed by atoms with Crippen LogP contribution in [0.5, 0.6) is 0 Å². The third kappa shape index (κ3) is 1.40. The summed E-state index contributed by atoms with van der Waals surface area (Å²) >= 11 is 5.68. The molecule has 0 radical (unpaired) electrons. The Labute approximate surface area is 68.6 Å². The van der Waals surface area contributed by atoms with Crippen LogP contribution < -0.4 is 11.3 Å². The molecule has 0 saturated heterocycles. The van der Waals surface area contributed by atoms with Crippen molar-refractivity contribution in [1.82, 2.24) is 4.98 Å². The van der Waals surface area contributed by atoms with Crippen molar-refractivity contribution < 1.29 is 0 Å². The van der Waals surface area contributed by atoms with E-state index >= 15 is 0 Å². The fourth-order valence-corrected chi connectivity index (χ4v) is 0.839. The normalized spacial score (nSPS) is 8.82. The van der Waals surface area contributed by atoms with Gasteiger partial charge in [0.1, 0.15) is 11.1 Å². The molecule has 0 bridgehead atoms. The number of hydrogen-bond acceptors (Lipinski definition) is 4. The number of nitrogens with zero attached hydrogens (tertiary/aromatic N) is 2. The van der Waals surface area contributed by atoms with Gasteiger partial charge >= 0.3 is 0 Å². The second kappa shape index (κ2) is 3.19. The van der Waals surface area contributed by atoms with Crippen LogP contribution in [0.15, 0.2) is 12.3 Å². The third-order valence-electron chi connectivity index (χ3n) is 1.15. The van der Waals surface area contributed by atoms with Crippen LogP contribution in [0.3, 0.4) is 0 Å². The predicted octanol–water partition coefficient (Wildman–Crippen LogP) is 0.892. The van der Waals surface area contributed by atoms with Gasteiger partial charge in [0.25, 0.3) is 0 Å². The van der Waals surface area contributed by atoms with E-state index in [1.54, 1.807) is 0 Å². The lowest BCUT2D eigenvalue weighted by molar-refractivity contribution is 1.22. The highest BCUT2D eigenvalue weighted by Gasteiger charge is 2.03. The Morgan fingerprint density at radius 3 is 3.00 bits per heavy atom. The molecule has 3 N–H and O–H groups in total. The lowest BCUT2D eigenvalue weighted by Crippen LogP contribution is -2.09. The molecule has 0 unspecified atom stereocenters. The number of rotatable bonds is 1. The smallest absolute Gasteiger partial charge is 0.160 e. The number of pyridine rings is 1. The first-order chi connectivity index (χ1) is 5.29. The minimum absolute atomic E-state index is 0.248. The maximum atomic E-state index is 8.51. The molecule has 0 saturated carbocycles. The first-order valence-electron chi connectivity index (χ1n) is 2.81. The molecule has 0 fully saturated rings. The number of hydrogen-bond donors (Lipinski definition) is 2. The summed E-state index contributed by atoms with van der Waals surface area (Å²) in [6.07, 6.45) is 1.46. The van der Waals surface area contributed by atoms with E-state index in [4.69, 9.17) is 22.7 Å². The van der Waals surface area contributed by atoms with E-state index in [1.807, 2.05) is 6.07 Å². The fourth-order valence-electron chi connectivity index (χ4n) is 0.631. The molecule has 56 valence electrons. The van der Waals surface area contributed by atoms with Crippen LogP contribution in [0.2, 0.25) is 5.02 Å². The number of hydrazine groups is 1. The van der Waals surface area contributed by atoms with Crippen LogP contribution in [0.25, 0.3) is 0 Å². The number of nitrogen functional groups attached to an aromatic ring is 1. The molecule has 1 rings (SSSR count). The van der Waals surface area contributed by atoms with Gasteiger partial charge in [-0.2, -0.15) is 5.26 Å². The van der Waals surface area contributed by atoms with Gasteiger partial charge in [-0.25, -0.2) is 10.8 Å². The summed E-state index contributed by atoms with van der Waals surface area (Å²) in [5, 5.41) is 8.76. The molecule has 0 aromatic carbocycles. The summed E-state index contributed by atoms with van der Waals surface area (Å²) in [6.45, 7) is 0. The lowest BCUT2D eigenvalue weighted by Gasteiger charge is -2.00. The largest absolute Gasteiger partial charge is 0.307 e. The highest BCUT2D eigenvalue weighted by Crippen LogP contribution is 2.21.